The summed E-state index contributed by atoms with van der Waals surface area (Å²) < 4.78 is 1.34. The second-order valence-corrected chi connectivity index (χ2v) is 5.48. The van der Waals surface area contributed by atoms with Gasteiger partial charge in [0.15, 0.2) is 0 Å². The molecule has 82 valence electrons. The van der Waals surface area contributed by atoms with Crippen LogP contribution in [0.15, 0.2) is 35.1 Å². The van der Waals surface area contributed by atoms with Crippen molar-refractivity contribution < 1.29 is 4.79 Å². The average molecular weight is 318 g/mol. The van der Waals surface area contributed by atoms with Gasteiger partial charge in [0.1, 0.15) is 0 Å². The van der Waals surface area contributed by atoms with E-state index in [1.165, 1.54) is 11.3 Å². The molecule has 0 fully saturated rings. The Hall–Kier alpha value is -0.910. The van der Waals surface area contributed by atoms with Crippen molar-refractivity contribution in [3.8, 4) is 0 Å². The number of amides is 1. The maximum absolute atomic E-state index is 11.8. The summed E-state index contributed by atoms with van der Waals surface area (Å²) in [5.41, 5.74) is 0.685. The summed E-state index contributed by atoms with van der Waals surface area (Å²) in [6.07, 6.45) is 3.23. The van der Waals surface area contributed by atoms with Crippen molar-refractivity contribution in [3.63, 3.8) is 0 Å². The molecular formula is C10H6BrClN2OS. The number of hydrogen-bond donors (Lipinski definition) is 1. The van der Waals surface area contributed by atoms with Gasteiger partial charge in [-0.1, -0.05) is 11.6 Å². The molecule has 0 radical (unpaired) electrons. The molecule has 0 saturated carbocycles. The molecule has 0 aliphatic heterocycles. The van der Waals surface area contributed by atoms with E-state index in [1.807, 2.05) is 0 Å². The first kappa shape index (κ1) is 11.6. The van der Waals surface area contributed by atoms with Crippen LogP contribution in [-0.4, -0.2) is 10.9 Å². The van der Waals surface area contributed by atoms with Gasteiger partial charge < -0.3 is 5.32 Å². The van der Waals surface area contributed by atoms with E-state index in [0.717, 1.165) is 4.47 Å². The molecule has 2 aromatic rings. The minimum absolute atomic E-state index is 0.177. The van der Waals surface area contributed by atoms with Crippen LogP contribution in [-0.2, 0) is 0 Å². The van der Waals surface area contributed by atoms with Gasteiger partial charge >= 0.3 is 0 Å². The van der Waals surface area contributed by atoms with Gasteiger partial charge in [0.05, 0.1) is 19.4 Å². The standard InChI is InChI=1S/C10H6BrClN2OS/c11-6-5-13-4-3-7(6)14-10(15)8-1-2-9(12)16-8/h1-5H,(H,13,14,15). The Labute approximate surface area is 110 Å². The molecule has 0 aliphatic carbocycles. The van der Waals surface area contributed by atoms with Crippen LogP contribution < -0.4 is 5.32 Å². The summed E-state index contributed by atoms with van der Waals surface area (Å²) in [5.74, 6) is -0.177. The largest absolute Gasteiger partial charge is 0.320 e. The molecule has 0 atom stereocenters. The highest BCUT2D eigenvalue weighted by molar-refractivity contribution is 9.10. The Bertz CT molecular complexity index is 529. The fourth-order valence-electron chi connectivity index (χ4n) is 1.10. The number of rotatable bonds is 2. The summed E-state index contributed by atoms with van der Waals surface area (Å²) in [6.45, 7) is 0. The maximum atomic E-state index is 11.8. The van der Waals surface area contributed by atoms with Crippen LogP contribution in [0.5, 0.6) is 0 Å². The normalized spacial score (nSPS) is 10.1. The van der Waals surface area contributed by atoms with Crippen LogP contribution in [0.4, 0.5) is 5.69 Å². The summed E-state index contributed by atoms with van der Waals surface area (Å²) >= 11 is 10.3. The van der Waals surface area contributed by atoms with E-state index >= 15 is 0 Å². The Kier molecular flexibility index (Phi) is 3.58. The third-order valence-electron chi connectivity index (χ3n) is 1.82. The van der Waals surface area contributed by atoms with Crippen LogP contribution in [0.25, 0.3) is 0 Å². The Morgan fingerprint density at radius 3 is 2.88 bits per heavy atom. The zero-order valence-corrected chi connectivity index (χ0v) is 11.1. The third-order valence-corrected chi connectivity index (χ3v) is 3.68. The fraction of sp³-hybridized carbons (Fsp3) is 0. The van der Waals surface area contributed by atoms with Crippen LogP contribution in [0.3, 0.4) is 0 Å². The highest BCUT2D eigenvalue weighted by Crippen LogP contribution is 2.24. The predicted octanol–water partition coefficient (Wildman–Crippen LogP) is 3.81. The molecule has 1 N–H and O–H groups in total. The lowest BCUT2D eigenvalue weighted by Gasteiger charge is -2.04. The highest BCUT2D eigenvalue weighted by atomic mass is 79.9. The summed E-state index contributed by atoms with van der Waals surface area (Å²) in [7, 11) is 0. The quantitative estimate of drug-likeness (QED) is 0.915. The first-order valence-electron chi connectivity index (χ1n) is 4.33. The van der Waals surface area contributed by atoms with Gasteiger partial charge in [-0.15, -0.1) is 11.3 Å². The lowest BCUT2D eigenvalue weighted by Crippen LogP contribution is -2.10. The van der Waals surface area contributed by atoms with Crippen LogP contribution >= 0.6 is 38.9 Å². The van der Waals surface area contributed by atoms with Gasteiger partial charge in [-0.05, 0) is 34.1 Å². The molecule has 3 nitrogen and oxygen atoms in total. The van der Waals surface area contributed by atoms with Gasteiger partial charge in [-0.2, -0.15) is 0 Å². The van der Waals surface area contributed by atoms with E-state index in [-0.39, 0.29) is 5.91 Å². The SMILES string of the molecule is O=C(Nc1ccncc1Br)c1ccc(Cl)s1. The van der Waals surface area contributed by atoms with Crippen molar-refractivity contribution >= 4 is 50.5 Å². The van der Waals surface area contributed by atoms with E-state index in [1.54, 1.807) is 30.6 Å². The molecule has 0 unspecified atom stereocenters. The number of thiophene rings is 1. The molecular weight excluding hydrogens is 312 g/mol. The number of hydrogen-bond acceptors (Lipinski definition) is 3. The number of carbonyl (C=O) groups is 1. The summed E-state index contributed by atoms with van der Waals surface area (Å²) in [6, 6.07) is 5.11. The van der Waals surface area contributed by atoms with Crippen LogP contribution in [0.2, 0.25) is 4.34 Å². The van der Waals surface area contributed by atoms with Crippen molar-refractivity contribution in [1.82, 2.24) is 4.98 Å². The van der Waals surface area contributed by atoms with E-state index in [2.05, 4.69) is 26.2 Å². The minimum atomic E-state index is -0.177. The first-order chi connectivity index (χ1) is 7.66. The van der Waals surface area contributed by atoms with Gasteiger partial charge in [-0.25, -0.2) is 0 Å². The Balaban J connectivity index is 2.17. The summed E-state index contributed by atoms with van der Waals surface area (Å²) in [4.78, 5) is 16.3. The molecule has 16 heavy (non-hydrogen) atoms. The molecule has 0 bridgehead atoms. The average Bonchev–Trinajstić information content (AvgIpc) is 2.68. The number of halogens is 2. The van der Waals surface area contributed by atoms with E-state index in [9.17, 15) is 4.79 Å². The number of aromatic nitrogens is 1. The van der Waals surface area contributed by atoms with Crippen molar-refractivity contribution in [2.75, 3.05) is 5.32 Å². The zero-order valence-electron chi connectivity index (χ0n) is 7.91. The third kappa shape index (κ3) is 2.61. The van der Waals surface area contributed by atoms with Gasteiger partial charge in [-0.3, -0.25) is 9.78 Å². The van der Waals surface area contributed by atoms with Crippen LogP contribution in [0, 0.1) is 0 Å². The molecule has 2 rings (SSSR count). The Morgan fingerprint density at radius 2 is 2.25 bits per heavy atom. The van der Waals surface area contributed by atoms with Crippen molar-refractivity contribution in [1.29, 1.82) is 0 Å². The van der Waals surface area contributed by atoms with Crippen molar-refractivity contribution in [2.45, 2.75) is 0 Å². The number of nitrogens with one attached hydrogen (secondary N) is 1. The number of anilines is 1. The smallest absolute Gasteiger partial charge is 0.265 e. The highest BCUT2D eigenvalue weighted by Gasteiger charge is 2.10. The predicted molar refractivity (Wildman–Crippen MR) is 69.2 cm³/mol. The fourth-order valence-corrected chi connectivity index (χ4v) is 2.38. The van der Waals surface area contributed by atoms with E-state index in [4.69, 9.17) is 11.6 Å². The Morgan fingerprint density at radius 1 is 1.44 bits per heavy atom. The lowest BCUT2D eigenvalue weighted by molar-refractivity contribution is 0.103. The van der Waals surface area contributed by atoms with Gasteiger partial charge in [0, 0.05) is 12.4 Å². The number of nitrogens with zero attached hydrogens (tertiary/aromatic N) is 1. The molecule has 2 heterocycles. The second-order valence-electron chi connectivity index (χ2n) is 2.91. The van der Waals surface area contributed by atoms with Gasteiger partial charge in [0.25, 0.3) is 5.91 Å². The lowest BCUT2D eigenvalue weighted by atomic mass is 10.4. The second kappa shape index (κ2) is 4.95. The molecule has 1 amide bonds. The minimum Gasteiger partial charge on any atom is -0.320 e. The maximum Gasteiger partial charge on any atom is 0.265 e. The van der Waals surface area contributed by atoms with Crippen LogP contribution in [0.1, 0.15) is 9.67 Å². The molecule has 0 aliphatic rings. The first-order valence-corrected chi connectivity index (χ1v) is 6.32. The topological polar surface area (TPSA) is 42.0 Å². The monoisotopic (exact) mass is 316 g/mol. The van der Waals surface area contributed by atoms with Crippen molar-refractivity contribution in [3.05, 3.63) is 44.3 Å². The van der Waals surface area contributed by atoms with Gasteiger partial charge in [0.2, 0.25) is 0 Å². The molecule has 2 aromatic heterocycles. The van der Waals surface area contributed by atoms with Crippen molar-refractivity contribution in [2.24, 2.45) is 0 Å². The molecule has 0 aromatic carbocycles. The number of pyridine rings is 1. The van der Waals surface area contributed by atoms with E-state index < -0.39 is 0 Å². The zero-order chi connectivity index (χ0) is 11.5. The van der Waals surface area contributed by atoms with E-state index in [0.29, 0.717) is 14.9 Å². The summed E-state index contributed by atoms with van der Waals surface area (Å²) in [5, 5.41) is 2.77. The molecule has 0 saturated heterocycles. The molecule has 0 spiro atoms. The number of carbonyl (C=O) groups excluding carboxylic acids is 1. The molecule has 6 heteroatoms.